The van der Waals surface area contributed by atoms with Crippen molar-refractivity contribution in [1.29, 1.82) is 0 Å². The van der Waals surface area contributed by atoms with Gasteiger partial charge in [0.1, 0.15) is 68.6 Å². The Morgan fingerprint density at radius 2 is 0.360 bits per heavy atom. The van der Waals surface area contributed by atoms with E-state index in [1.54, 1.807) is 0 Å². The van der Waals surface area contributed by atoms with Gasteiger partial charge in [0.2, 0.25) is 23.0 Å². The first-order chi connectivity index (χ1) is 67.2. The van der Waals surface area contributed by atoms with Crippen molar-refractivity contribution in [2.75, 3.05) is 94.9 Å². The molecule has 12 aromatic carbocycles. The number of hydrogen-bond acceptors (Lipinski definition) is 22. The molecule has 24 nitrogen and oxygen atoms in total. The minimum atomic E-state index is 0.0542. The minimum Gasteiger partial charge on any atom is -0.452 e. The van der Waals surface area contributed by atoms with Gasteiger partial charge in [-0.15, -0.1) is 0 Å². The van der Waals surface area contributed by atoms with Crippen LogP contribution in [0.2, 0.25) is 0 Å². The molecule has 15 aromatic rings. The topological polar surface area (TPSA) is 279 Å². The molecule has 0 saturated heterocycles. The lowest BCUT2D eigenvalue weighted by atomic mass is 9.98. The van der Waals surface area contributed by atoms with Crippen molar-refractivity contribution < 1.29 is 37.9 Å². The van der Waals surface area contributed by atoms with Crippen LogP contribution in [0.25, 0.3) is 89.7 Å². The van der Waals surface area contributed by atoms with Crippen LogP contribution in [0, 0.1) is 0 Å². The zero-order chi connectivity index (χ0) is 93.3. The largest absolute Gasteiger partial charge is 0.452 e. The molecule has 0 atom stereocenters. The fourth-order valence-corrected chi connectivity index (χ4v) is 16.7. The molecule has 0 saturated carbocycles. The summed E-state index contributed by atoms with van der Waals surface area (Å²) in [5.74, 6) is 5.38. The standard InChI is InChI=1S/C112H122N16O8/c1-9-17-65-113-89-81-83(91(115-67-19-11-3)95(119-71-23-15-7)93(89)117-69-21-13-5)107-122-105(81)121-106-82-84(92(116-68-20-12-4)96(120-72-24-16-8)94(118-70-22-14-6)90(82)114-66-18-10-2)108(123-106)125-110-86-88(100(132-76-55-39-28-40-56-76)104(136-80-63-47-32-48-64-80)102(134-78-59-43-30-44-60-78)98(86)130-74-51-35-26-36-52-74)112(127-110)128-111-87-85(109(124-107)126-111)97(129-73-49-33-25-34-50-73)101(133-77-57-41-29-42-58-77)103(135-79-61-45-31-46-62-79)99(87)131-75-53-37-27-38-54-75/h25-64,113-120H,9-24,65-72H2,1-8H3,(H2,121,122,123,124,125,126,127,128). The van der Waals surface area contributed by atoms with Crippen LogP contribution in [0.15, 0.2) is 243 Å². The summed E-state index contributed by atoms with van der Waals surface area (Å²) in [5, 5.41) is 34.9. The first-order valence-electron chi connectivity index (χ1n) is 48.7. The number of para-hydroxylation sites is 8. The van der Waals surface area contributed by atoms with Crippen LogP contribution in [-0.4, -0.2) is 92.2 Å². The molecule has 0 unspecified atom stereocenters. The zero-order valence-electron chi connectivity index (χ0n) is 79.0. The molecule has 3 aromatic heterocycles. The number of fused-ring (bicyclic) bond motifs is 20. The Morgan fingerprint density at radius 1 is 0.184 bits per heavy atom. The normalized spacial score (nSPS) is 11.4. The Bertz CT molecular complexity index is 6720. The molecule has 5 heterocycles. The first kappa shape index (κ1) is 92.6. The number of benzene rings is 12. The van der Waals surface area contributed by atoms with Crippen LogP contribution in [0.1, 0.15) is 158 Å². The SMILES string of the molecule is CCCCNc1c(NCCCC)c(NCCCC)c2c(c1NCCCC)-c1nc-2nc2[nH]c(nc3nc(nc4[nH]c(n1)c1c(NCCCC)c(NCCCC)c(NCCCC)c(NCCCC)c41)-c1c(Oc4ccccc4)c(Oc4ccccc4)c(Oc4ccccc4)c(Oc4ccccc4)c1-3)c1c(Oc3ccccc3)c(Oc3ccccc3)c(Oc3ccccc3)c(Oc3ccccc3)c21. The van der Waals surface area contributed by atoms with Crippen LogP contribution in [0.4, 0.5) is 45.5 Å². The van der Waals surface area contributed by atoms with E-state index in [1.165, 1.54) is 0 Å². The highest BCUT2D eigenvalue weighted by Gasteiger charge is 2.41. The van der Waals surface area contributed by atoms with Crippen LogP contribution in [0.3, 0.4) is 0 Å². The summed E-state index contributed by atoms with van der Waals surface area (Å²) >= 11 is 0. The average Bonchev–Trinajstić information content (AvgIpc) is 1.54. The van der Waals surface area contributed by atoms with Gasteiger partial charge in [-0.1, -0.05) is 252 Å². The summed E-state index contributed by atoms with van der Waals surface area (Å²) < 4.78 is 60.7. The second-order valence-corrected chi connectivity index (χ2v) is 33.8. The van der Waals surface area contributed by atoms with Crippen molar-refractivity contribution in [3.8, 4) is 138 Å². The third-order valence-electron chi connectivity index (χ3n) is 23.6. The highest BCUT2D eigenvalue weighted by Crippen LogP contribution is 2.64. The molecule has 10 N–H and O–H groups in total. The summed E-state index contributed by atoms with van der Waals surface area (Å²) in [5.41, 5.74) is 9.89. The van der Waals surface area contributed by atoms with Gasteiger partial charge in [0, 0.05) is 52.4 Å². The van der Waals surface area contributed by atoms with Gasteiger partial charge in [-0.05, 0) is 148 Å². The molecule has 136 heavy (non-hydrogen) atoms. The van der Waals surface area contributed by atoms with Crippen molar-refractivity contribution in [3.63, 3.8) is 0 Å². The number of aromatic amines is 2. The quantitative estimate of drug-likeness (QED) is 0.0159. The number of anilines is 8. The molecule has 24 heteroatoms. The lowest BCUT2D eigenvalue weighted by Crippen LogP contribution is -2.16. The van der Waals surface area contributed by atoms with E-state index in [4.69, 9.17) is 67.8 Å². The van der Waals surface area contributed by atoms with E-state index in [1.807, 2.05) is 243 Å². The molecule has 0 fully saturated rings. The maximum absolute atomic E-state index is 7.68. The molecule has 0 amide bonds. The van der Waals surface area contributed by atoms with E-state index in [-0.39, 0.29) is 74.5 Å². The molecule has 0 aliphatic carbocycles. The third kappa shape index (κ3) is 20.9. The number of hydrogen-bond donors (Lipinski definition) is 10. The van der Waals surface area contributed by atoms with Crippen LogP contribution < -0.4 is 80.4 Å². The Morgan fingerprint density at radius 3 is 0.588 bits per heavy atom. The third-order valence-corrected chi connectivity index (χ3v) is 23.6. The summed E-state index contributed by atoms with van der Waals surface area (Å²) in [6, 6.07) is 76.6. The minimum absolute atomic E-state index is 0.0542. The van der Waals surface area contributed by atoms with Gasteiger partial charge < -0.3 is 90.4 Å². The van der Waals surface area contributed by atoms with Gasteiger partial charge in [-0.2, -0.15) is 0 Å². The predicted octanol–water partition coefficient (Wildman–Crippen LogP) is 30.9. The highest BCUT2D eigenvalue weighted by molar-refractivity contribution is 6.25. The first-order valence-corrected chi connectivity index (χ1v) is 48.7. The van der Waals surface area contributed by atoms with Crippen molar-refractivity contribution in [2.45, 2.75) is 158 Å². The molecule has 698 valence electrons. The zero-order valence-corrected chi connectivity index (χ0v) is 79.0. The summed E-state index contributed by atoms with van der Waals surface area (Å²) in [6.45, 7) is 22.9. The summed E-state index contributed by atoms with van der Waals surface area (Å²) in [6.07, 6.45) is 14.4. The van der Waals surface area contributed by atoms with Crippen molar-refractivity contribution in [1.82, 2.24) is 39.9 Å². The Hall–Kier alpha value is -15.2. The van der Waals surface area contributed by atoms with E-state index in [0.29, 0.717) is 154 Å². The fourth-order valence-electron chi connectivity index (χ4n) is 16.7. The predicted molar refractivity (Wildman–Crippen MR) is 555 cm³/mol. The van der Waals surface area contributed by atoms with Gasteiger partial charge in [0.05, 0.1) is 89.3 Å². The smallest absolute Gasteiger partial charge is 0.217 e. The van der Waals surface area contributed by atoms with Gasteiger partial charge in [-0.3, -0.25) is 0 Å². The van der Waals surface area contributed by atoms with Crippen molar-refractivity contribution in [2.24, 2.45) is 0 Å². The van der Waals surface area contributed by atoms with E-state index < -0.39 is 0 Å². The van der Waals surface area contributed by atoms with E-state index >= 15 is 0 Å². The Kier molecular flexibility index (Phi) is 31.0. The fraction of sp³-hybridized carbons (Fsp3) is 0.286. The maximum atomic E-state index is 7.68. The van der Waals surface area contributed by atoms with Gasteiger partial charge >= 0.3 is 0 Å². The number of unbranched alkanes of at least 4 members (excludes halogenated alkanes) is 8. The van der Waals surface area contributed by atoms with Crippen LogP contribution in [0.5, 0.6) is 92.0 Å². The molecule has 0 radical (unpaired) electrons. The molecule has 17 rings (SSSR count). The van der Waals surface area contributed by atoms with Gasteiger partial charge in [0.15, 0.2) is 46.3 Å². The number of rotatable bonds is 48. The molecular formula is C112H122N16O8. The molecule has 8 bridgehead atoms. The van der Waals surface area contributed by atoms with Gasteiger partial charge in [-0.25, -0.2) is 29.9 Å². The molecular weight excluding hydrogens is 1700 g/mol. The second kappa shape index (κ2) is 45.5. The molecule has 2 aliphatic rings. The number of nitrogens with zero attached hydrogens (tertiary/aromatic N) is 6. The molecule has 0 spiro atoms. The van der Waals surface area contributed by atoms with Crippen molar-refractivity contribution >= 4 is 89.6 Å². The number of ether oxygens (including phenoxy) is 8. The summed E-state index contributed by atoms with van der Waals surface area (Å²) in [4.78, 5) is 44.9. The lowest BCUT2D eigenvalue weighted by Gasteiger charge is -2.26. The van der Waals surface area contributed by atoms with Gasteiger partial charge in [0.25, 0.3) is 0 Å². The van der Waals surface area contributed by atoms with E-state index in [9.17, 15) is 0 Å². The number of H-pyrrole nitrogens is 2. The monoisotopic (exact) mass is 1820 g/mol. The van der Waals surface area contributed by atoms with Crippen LogP contribution >= 0.6 is 0 Å². The Balaban J connectivity index is 1.19. The molecule has 2 aliphatic heterocycles. The Labute approximate surface area is 796 Å². The number of aromatic nitrogens is 8. The maximum Gasteiger partial charge on any atom is 0.217 e. The highest BCUT2D eigenvalue weighted by atomic mass is 16.6. The summed E-state index contributed by atoms with van der Waals surface area (Å²) in [7, 11) is 0. The lowest BCUT2D eigenvalue weighted by molar-refractivity contribution is 0.368. The second-order valence-electron chi connectivity index (χ2n) is 33.8. The van der Waals surface area contributed by atoms with Crippen LogP contribution in [-0.2, 0) is 0 Å². The number of nitrogens with one attached hydrogen (secondary N) is 10. The van der Waals surface area contributed by atoms with E-state index in [2.05, 4.69) is 108 Å². The average molecular weight is 1820 g/mol. The van der Waals surface area contributed by atoms with Crippen molar-refractivity contribution in [3.05, 3.63) is 243 Å². The van der Waals surface area contributed by atoms with E-state index in [0.717, 1.165) is 154 Å².